The maximum atomic E-state index is 14.3. The summed E-state index contributed by atoms with van der Waals surface area (Å²) in [5, 5.41) is 48.0. The van der Waals surface area contributed by atoms with Gasteiger partial charge in [0.1, 0.15) is 41.7 Å². The highest BCUT2D eigenvalue weighted by molar-refractivity contribution is 5.97. The highest BCUT2D eigenvalue weighted by Gasteiger charge is 2.43. The lowest BCUT2D eigenvalue weighted by atomic mass is 10.0. The van der Waals surface area contributed by atoms with Gasteiger partial charge in [0.2, 0.25) is 29.5 Å². The van der Waals surface area contributed by atoms with Crippen molar-refractivity contribution in [1.29, 1.82) is 0 Å². The van der Waals surface area contributed by atoms with Crippen LogP contribution in [-0.4, -0.2) is 134 Å². The number of aliphatic hydroxyl groups is 1. The van der Waals surface area contributed by atoms with Crippen LogP contribution in [0, 0.1) is 0 Å². The molecule has 0 aliphatic carbocycles. The lowest BCUT2D eigenvalue weighted by molar-refractivity contribution is -0.145. The summed E-state index contributed by atoms with van der Waals surface area (Å²) >= 11 is 0. The Morgan fingerprint density at radius 2 is 1.22 bits per heavy atom. The van der Waals surface area contributed by atoms with Gasteiger partial charge in [0.25, 0.3) is 0 Å². The lowest BCUT2D eigenvalue weighted by Gasteiger charge is -2.31. The van der Waals surface area contributed by atoms with Gasteiger partial charge in [-0.15, -0.1) is 0 Å². The van der Waals surface area contributed by atoms with Crippen LogP contribution in [0.3, 0.4) is 0 Å². The summed E-state index contributed by atoms with van der Waals surface area (Å²) in [6.07, 6.45) is 2.17. The van der Waals surface area contributed by atoms with Crippen LogP contribution in [0.2, 0.25) is 0 Å². The van der Waals surface area contributed by atoms with Crippen molar-refractivity contribution < 1.29 is 49.2 Å². The van der Waals surface area contributed by atoms with Crippen LogP contribution < -0.4 is 33.2 Å². The summed E-state index contributed by atoms with van der Waals surface area (Å²) in [5.41, 5.74) is 18.6. The summed E-state index contributed by atoms with van der Waals surface area (Å²) in [4.78, 5) is 84.0. The number of nitrogens with zero attached hydrogens (tertiary/aromatic N) is 2. The molecular weight excluding hydrogens is 752 g/mol. The second-order valence-corrected chi connectivity index (χ2v) is 15.0. The third-order valence-corrected chi connectivity index (χ3v) is 10.6. The molecule has 2 saturated heterocycles. The minimum Gasteiger partial charge on any atom is -0.508 e. The molecule has 0 saturated carbocycles. The van der Waals surface area contributed by atoms with Gasteiger partial charge >= 0.3 is 5.97 Å². The summed E-state index contributed by atoms with van der Waals surface area (Å²) in [5.74, 6) is -4.55. The van der Waals surface area contributed by atoms with Crippen LogP contribution in [0.1, 0.15) is 68.9 Å². The number of β-amino-alcohol motifs (C(OH)–C–C–N with tert-alkyl or cyclic N) is 1. The third kappa shape index (κ3) is 12.9. The number of amides is 5. The Hall–Kier alpha value is -5.30. The van der Waals surface area contributed by atoms with Crippen molar-refractivity contribution in [3.63, 3.8) is 0 Å². The van der Waals surface area contributed by atoms with Crippen LogP contribution in [0.5, 0.6) is 11.5 Å². The second-order valence-electron chi connectivity index (χ2n) is 15.0. The van der Waals surface area contributed by atoms with E-state index >= 15 is 0 Å². The Balaban J connectivity index is 1.54. The first-order valence-corrected chi connectivity index (χ1v) is 19.9. The van der Waals surface area contributed by atoms with E-state index in [1.807, 2.05) is 0 Å². The van der Waals surface area contributed by atoms with E-state index in [0.29, 0.717) is 75.7 Å². The van der Waals surface area contributed by atoms with Crippen molar-refractivity contribution in [3.8, 4) is 11.5 Å². The highest BCUT2D eigenvalue weighted by Crippen LogP contribution is 2.23. The zero-order chi connectivity index (χ0) is 42.4. The summed E-state index contributed by atoms with van der Waals surface area (Å²) in [6.45, 7) is 0.816. The van der Waals surface area contributed by atoms with Gasteiger partial charge in [-0.05, 0) is 93.4 Å². The van der Waals surface area contributed by atoms with Gasteiger partial charge < -0.3 is 63.4 Å². The van der Waals surface area contributed by atoms with Gasteiger partial charge in [-0.1, -0.05) is 30.7 Å². The number of carboxylic acids is 1. The molecule has 0 spiro atoms. The number of carbonyl (C=O) groups excluding carboxylic acids is 5. The SMILES string of the molecule is NCCCC[C@H](NC(=O)[C@H](Cc1ccc(O)cc1)NC(=O)[C@@H]1CCCN1C(=O)[C@@H](N)CCCCN)C(=O)N1C[C@H](O)C[C@H]1C(=O)N[C@@H](Cc1ccc(O)cc1)C(=O)O. The molecule has 0 bridgehead atoms. The van der Waals surface area contributed by atoms with Crippen molar-refractivity contribution in [2.75, 3.05) is 26.2 Å². The molecule has 18 nitrogen and oxygen atoms in total. The number of hydrogen-bond acceptors (Lipinski definition) is 12. The predicted molar refractivity (Wildman–Crippen MR) is 212 cm³/mol. The van der Waals surface area contributed by atoms with E-state index in [4.69, 9.17) is 17.2 Å². The monoisotopic (exact) mass is 810 g/mol. The Morgan fingerprint density at radius 1 is 0.690 bits per heavy atom. The fraction of sp³-hybridized carbons (Fsp3) is 0.550. The van der Waals surface area contributed by atoms with Gasteiger partial charge in [0.15, 0.2) is 0 Å². The molecule has 7 atom stereocenters. The maximum Gasteiger partial charge on any atom is 0.326 e. The third-order valence-electron chi connectivity index (χ3n) is 10.6. The Kier molecular flexibility index (Phi) is 17.2. The number of carbonyl (C=O) groups is 6. The Bertz CT molecular complexity index is 1710. The van der Waals surface area contributed by atoms with Crippen LogP contribution in [0.25, 0.3) is 0 Å². The first kappa shape index (κ1) is 45.4. The summed E-state index contributed by atoms with van der Waals surface area (Å²) < 4.78 is 0. The van der Waals surface area contributed by atoms with E-state index in [1.165, 1.54) is 41.3 Å². The molecular formula is C40H58N8O10. The van der Waals surface area contributed by atoms with Gasteiger partial charge in [0.05, 0.1) is 12.1 Å². The van der Waals surface area contributed by atoms with E-state index in [-0.39, 0.29) is 49.6 Å². The zero-order valence-corrected chi connectivity index (χ0v) is 32.6. The summed E-state index contributed by atoms with van der Waals surface area (Å²) in [6, 6.07) is 4.97. The number of aliphatic hydroxyl groups excluding tert-OH is 1. The average Bonchev–Trinajstić information content (AvgIpc) is 3.85. The van der Waals surface area contributed by atoms with E-state index in [2.05, 4.69) is 16.0 Å². The molecule has 58 heavy (non-hydrogen) atoms. The van der Waals surface area contributed by atoms with Crippen LogP contribution in [-0.2, 0) is 41.6 Å². The topological polar surface area (TPSA) is 304 Å². The molecule has 2 aromatic carbocycles. The first-order valence-electron chi connectivity index (χ1n) is 19.9. The molecule has 2 aliphatic heterocycles. The van der Waals surface area contributed by atoms with Gasteiger partial charge in [-0.3, -0.25) is 24.0 Å². The number of aromatic hydroxyl groups is 2. The molecule has 2 heterocycles. The molecule has 2 aliphatic rings. The number of hydrogen-bond donors (Lipinski definition) is 10. The molecule has 0 aromatic heterocycles. The minimum absolute atomic E-state index is 0.0105. The number of benzene rings is 2. The lowest BCUT2D eigenvalue weighted by Crippen LogP contribution is -2.59. The number of rotatable bonds is 21. The minimum atomic E-state index is -1.39. The van der Waals surface area contributed by atoms with E-state index < -0.39 is 72.0 Å². The van der Waals surface area contributed by atoms with Gasteiger partial charge in [0, 0.05) is 32.4 Å². The van der Waals surface area contributed by atoms with E-state index in [0.717, 1.165) is 4.90 Å². The van der Waals surface area contributed by atoms with Crippen molar-refractivity contribution in [3.05, 3.63) is 59.7 Å². The highest BCUT2D eigenvalue weighted by atomic mass is 16.4. The fourth-order valence-corrected chi connectivity index (χ4v) is 7.36. The van der Waals surface area contributed by atoms with E-state index in [9.17, 15) is 49.2 Å². The normalized spacial score (nSPS) is 19.8. The van der Waals surface area contributed by atoms with Crippen LogP contribution >= 0.6 is 0 Å². The molecule has 2 fully saturated rings. The number of unbranched alkanes of at least 4 members (excludes halogenated alkanes) is 2. The molecule has 2 aromatic rings. The second kappa shape index (κ2) is 22.0. The quantitative estimate of drug-likeness (QED) is 0.0675. The molecule has 13 N–H and O–H groups in total. The largest absolute Gasteiger partial charge is 0.508 e. The first-order chi connectivity index (χ1) is 27.7. The number of carboxylic acid groups (broad SMARTS) is 1. The fourth-order valence-electron chi connectivity index (χ4n) is 7.36. The molecule has 0 unspecified atom stereocenters. The number of phenols is 2. The number of nitrogens with two attached hydrogens (primary N) is 3. The van der Waals surface area contributed by atoms with Crippen molar-refractivity contribution in [1.82, 2.24) is 25.8 Å². The number of phenolic OH excluding ortho intramolecular Hbond substituents is 2. The smallest absolute Gasteiger partial charge is 0.326 e. The van der Waals surface area contributed by atoms with Gasteiger partial charge in [-0.2, -0.15) is 0 Å². The van der Waals surface area contributed by atoms with Crippen LogP contribution in [0.4, 0.5) is 0 Å². The van der Waals surface area contributed by atoms with Crippen molar-refractivity contribution >= 4 is 35.5 Å². The Labute approximate surface area is 337 Å². The summed E-state index contributed by atoms with van der Waals surface area (Å²) in [7, 11) is 0. The number of nitrogens with one attached hydrogen (secondary N) is 3. The van der Waals surface area contributed by atoms with Crippen molar-refractivity contribution in [2.24, 2.45) is 17.2 Å². The van der Waals surface area contributed by atoms with Crippen LogP contribution in [0.15, 0.2) is 48.5 Å². The molecule has 318 valence electrons. The van der Waals surface area contributed by atoms with Gasteiger partial charge in [-0.25, -0.2) is 4.79 Å². The van der Waals surface area contributed by atoms with E-state index in [1.54, 1.807) is 12.1 Å². The predicted octanol–water partition coefficient (Wildman–Crippen LogP) is -1.04. The maximum absolute atomic E-state index is 14.3. The molecule has 4 rings (SSSR count). The molecule has 0 radical (unpaired) electrons. The number of likely N-dealkylation sites (tertiary alicyclic amines) is 2. The average molecular weight is 811 g/mol. The zero-order valence-electron chi connectivity index (χ0n) is 32.6. The molecule has 5 amide bonds. The number of aliphatic carboxylic acids is 1. The van der Waals surface area contributed by atoms with Crippen molar-refractivity contribution in [2.45, 2.75) is 113 Å². The standard InChI is InChI=1S/C40H58N8O10/c41-17-3-1-6-29(43)38(55)47-19-5-8-33(47)36(53)45-31(20-24-9-13-26(49)14-10-24)35(52)44-30(7-2-4-18-42)39(56)48-23-28(51)22-34(48)37(54)46-32(40(57)58)21-25-11-15-27(50)16-12-25/h9-16,28-34,49-51H,1-8,17-23,41-43H2,(H,44,52)(H,45,53)(H,46,54)(H,57,58)/t28-,29+,30+,31+,32+,33+,34+/m1/s1. The Morgan fingerprint density at radius 3 is 1.79 bits per heavy atom. The molecule has 18 heteroatoms.